The normalized spacial score (nSPS) is 21.1. The molecule has 136 valence electrons. The SMILES string of the molecule is COc1ccc(OC)c2c1CN(C(=O)CC1(C(=O)O)CCC1)CC2O. The molecule has 1 heterocycles. The number of carboxylic acid groups (broad SMARTS) is 1. The van der Waals surface area contributed by atoms with Crippen LogP contribution in [0.1, 0.15) is 42.9 Å². The molecule has 3 rings (SSSR count). The number of β-amino-alcohol motifs (C(OH)–C–C–N with tert-alkyl or cyclic N) is 1. The highest BCUT2D eigenvalue weighted by Gasteiger charge is 2.47. The molecule has 1 unspecified atom stereocenters. The molecule has 1 saturated carbocycles. The number of aliphatic hydroxyl groups is 1. The van der Waals surface area contributed by atoms with E-state index in [1.54, 1.807) is 12.1 Å². The predicted octanol–water partition coefficient (Wildman–Crippen LogP) is 1.72. The molecule has 0 aromatic heterocycles. The van der Waals surface area contributed by atoms with Gasteiger partial charge in [0.05, 0.1) is 26.2 Å². The van der Waals surface area contributed by atoms with Gasteiger partial charge in [-0.3, -0.25) is 9.59 Å². The molecule has 0 radical (unpaired) electrons. The van der Waals surface area contributed by atoms with Gasteiger partial charge in [0.15, 0.2) is 0 Å². The second kappa shape index (κ2) is 6.55. The summed E-state index contributed by atoms with van der Waals surface area (Å²) < 4.78 is 10.7. The predicted molar refractivity (Wildman–Crippen MR) is 88.5 cm³/mol. The zero-order chi connectivity index (χ0) is 18.2. The molecule has 1 aliphatic heterocycles. The fourth-order valence-electron chi connectivity index (χ4n) is 3.74. The summed E-state index contributed by atoms with van der Waals surface area (Å²) >= 11 is 0. The average Bonchev–Trinajstić information content (AvgIpc) is 2.56. The quantitative estimate of drug-likeness (QED) is 0.840. The van der Waals surface area contributed by atoms with E-state index in [-0.39, 0.29) is 25.4 Å². The van der Waals surface area contributed by atoms with Crippen LogP contribution in [0.25, 0.3) is 0 Å². The van der Waals surface area contributed by atoms with E-state index in [0.717, 1.165) is 6.42 Å². The van der Waals surface area contributed by atoms with Crippen molar-refractivity contribution in [2.45, 2.75) is 38.3 Å². The molecule has 2 N–H and O–H groups in total. The van der Waals surface area contributed by atoms with Gasteiger partial charge in [0, 0.05) is 24.1 Å². The number of carbonyl (C=O) groups excluding carboxylic acids is 1. The van der Waals surface area contributed by atoms with Gasteiger partial charge in [-0.05, 0) is 25.0 Å². The summed E-state index contributed by atoms with van der Waals surface area (Å²) in [4.78, 5) is 25.7. The van der Waals surface area contributed by atoms with Crippen molar-refractivity contribution in [1.82, 2.24) is 4.90 Å². The Balaban J connectivity index is 1.86. The molecule has 25 heavy (non-hydrogen) atoms. The van der Waals surface area contributed by atoms with Gasteiger partial charge in [0.2, 0.25) is 5.91 Å². The summed E-state index contributed by atoms with van der Waals surface area (Å²) in [6, 6.07) is 3.47. The van der Waals surface area contributed by atoms with Crippen LogP contribution in [0.3, 0.4) is 0 Å². The lowest BCUT2D eigenvalue weighted by molar-refractivity contribution is -0.160. The molecular formula is C18H23NO6. The largest absolute Gasteiger partial charge is 0.496 e. The van der Waals surface area contributed by atoms with Gasteiger partial charge >= 0.3 is 5.97 Å². The Hall–Kier alpha value is -2.28. The minimum absolute atomic E-state index is 0.0311. The Bertz CT molecular complexity index is 697. The summed E-state index contributed by atoms with van der Waals surface area (Å²) in [5.41, 5.74) is 0.384. The molecule has 1 fully saturated rings. The van der Waals surface area contributed by atoms with E-state index in [4.69, 9.17) is 9.47 Å². The third-order valence-corrected chi connectivity index (χ3v) is 5.40. The first-order valence-electron chi connectivity index (χ1n) is 8.35. The van der Waals surface area contributed by atoms with Crippen molar-refractivity contribution in [3.8, 4) is 11.5 Å². The molecule has 1 atom stereocenters. The number of aliphatic hydroxyl groups excluding tert-OH is 1. The molecular weight excluding hydrogens is 326 g/mol. The lowest BCUT2D eigenvalue weighted by Crippen LogP contribution is -2.45. The number of nitrogens with zero attached hydrogens (tertiary/aromatic N) is 1. The lowest BCUT2D eigenvalue weighted by atomic mass is 9.66. The number of hydrogen-bond acceptors (Lipinski definition) is 5. The zero-order valence-corrected chi connectivity index (χ0v) is 14.4. The molecule has 0 bridgehead atoms. The highest BCUT2D eigenvalue weighted by atomic mass is 16.5. The second-order valence-electron chi connectivity index (χ2n) is 6.77. The van der Waals surface area contributed by atoms with E-state index in [9.17, 15) is 19.8 Å². The molecule has 1 aromatic carbocycles. The average molecular weight is 349 g/mol. The first-order chi connectivity index (χ1) is 11.9. The van der Waals surface area contributed by atoms with Crippen LogP contribution in [0.15, 0.2) is 12.1 Å². The van der Waals surface area contributed by atoms with Crippen molar-refractivity contribution in [3.05, 3.63) is 23.3 Å². The highest BCUT2D eigenvalue weighted by Crippen LogP contribution is 2.45. The molecule has 0 saturated heterocycles. The Kier molecular flexibility index (Phi) is 4.60. The van der Waals surface area contributed by atoms with E-state index in [1.807, 2.05) is 0 Å². The number of hydrogen-bond donors (Lipinski definition) is 2. The van der Waals surface area contributed by atoms with E-state index >= 15 is 0 Å². The van der Waals surface area contributed by atoms with Gasteiger partial charge in [-0.25, -0.2) is 0 Å². The fourth-order valence-corrected chi connectivity index (χ4v) is 3.74. The molecule has 1 amide bonds. The molecule has 1 aliphatic carbocycles. The Morgan fingerprint density at radius 1 is 1.24 bits per heavy atom. The van der Waals surface area contributed by atoms with Crippen LogP contribution in [-0.2, 0) is 16.1 Å². The Morgan fingerprint density at radius 3 is 2.40 bits per heavy atom. The van der Waals surface area contributed by atoms with Crippen LogP contribution in [0.5, 0.6) is 11.5 Å². The van der Waals surface area contributed by atoms with Crippen molar-refractivity contribution < 1.29 is 29.3 Å². The second-order valence-corrected chi connectivity index (χ2v) is 6.77. The van der Waals surface area contributed by atoms with Crippen LogP contribution in [0, 0.1) is 5.41 Å². The van der Waals surface area contributed by atoms with E-state index < -0.39 is 17.5 Å². The number of benzene rings is 1. The molecule has 7 heteroatoms. The number of carboxylic acids is 1. The van der Waals surface area contributed by atoms with Gasteiger partial charge in [-0.15, -0.1) is 0 Å². The van der Waals surface area contributed by atoms with E-state index in [0.29, 0.717) is 35.5 Å². The summed E-state index contributed by atoms with van der Waals surface area (Å²) in [6.07, 6.45) is 0.947. The van der Waals surface area contributed by atoms with Crippen molar-refractivity contribution in [1.29, 1.82) is 0 Å². The van der Waals surface area contributed by atoms with Crippen LogP contribution in [-0.4, -0.2) is 47.8 Å². The van der Waals surface area contributed by atoms with Crippen LogP contribution >= 0.6 is 0 Å². The van der Waals surface area contributed by atoms with Gasteiger partial charge in [-0.1, -0.05) is 6.42 Å². The number of rotatable bonds is 5. The van der Waals surface area contributed by atoms with Crippen molar-refractivity contribution >= 4 is 11.9 Å². The van der Waals surface area contributed by atoms with Gasteiger partial charge in [0.1, 0.15) is 17.6 Å². The first kappa shape index (κ1) is 17.5. The lowest BCUT2D eigenvalue weighted by Gasteiger charge is -2.40. The zero-order valence-electron chi connectivity index (χ0n) is 14.4. The van der Waals surface area contributed by atoms with Gasteiger partial charge in [-0.2, -0.15) is 0 Å². The van der Waals surface area contributed by atoms with Gasteiger partial charge in [0.25, 0.3) is 0 Å². The first-order valence-corrected chi connectivity index (χ1v) is 8.35. The molecule has 1 aromatic rings. The summed E-state index contributed by atoms with van der Waals surface area (Å²) in [6.45, 7) is 0.381. The number of methoxy groups -OCH3 is 2. The topological polar surface area (TPSA) is 96.3 Å². The fraction of sp³-hybridized carbons (Fsp3) is 0.556. The van der Waals surface area contributed by atoms with Crippen molar-refractivity contribution in [3.63, 3.8) is 0 Å². The molecule has 0 spiro atoms. The highest BCUT2D eigenvalue weighted by molar-refractivity contribution is 5.86. The van der Waals surface area contributed by atoms with E-state index in [1.165, 1.54) is 19.1 Å². The van der Waals surface area contributed by atoms with Gasteiger partial charge < -0.3 is 24.6 Å². The number of ether oxygens (including phenoxy) is 2. The van der Waals surface area contributed by atoms with Crippen molar-refractivity contribution in [2.75, 3.05) is 20.8 Å². The number of fused-ring (bicyclic) bond motifs is 1. The van der Waals surface area contributed by atoms with Crippen LogP contribution < -0.4 is 9.47 Å². The number of carbonyl (C=O) groups is 2. The number of amides is 1. The maximum absolute atomic E-state index is 12.7. The van der Waals surface area contributed by atoms with E-state index in [2.05, 4.69) is 0 Å². The summed E-state index contributed by atoms with van der Waals surface area (Å²) in [7, 11) is 3.06. The molecule has 7 nitrogen and oxygen atoms in total. The number of aliphatic carboxylic acids is 1. The Labute approximate surface area is 146 Å². The smallest absolute Gasteiger partial charge is 0.310 e. The summed E-state index contributed by atoms with van der Waals surface area (Å²) in [5, 5.41) is 20.0. The standard InChI is InChI=1S/C18H23NO6/c1-24-13-4-5-14(25-2)16-11(13)9-19(10-12(16)20)15(21)8-18(17(22)23)6-3-7-18/h4-5,12,20H,3,6-10H2,1-2H3,(H,22,23). The molecule has 2 aliphatic rings. The Morgan fingerprint density at radius 2 is 1.88 bits per heavy atom. The van der Waals surface area contributed by atoms with Crippen LogP contribution in [0.2, 0.25) is 0 Å². The van der Waals surface area contributed by atoms with Crippen LogP contribution in [0.4, 0.5) is 0 Å². The third kappa shape index (κ3) is 2.93. The van der Waals surface area contributed by atoms with Crippen molar-refractivity contribution in [2.24, 2.45) is 5.41 Å². The maximum Gasteiger partial charge on any atom is 0.310 e. The minimum Gasteiger partial charge on any atom is -0.496 e. The monoisotopic (exact) mass is 349 g/mol. The minimum atomic E-state index is -0.944. The third-order valence-electron chi connectivity index (χ3n) is 5.40. The summed E-state index contributed by atoms with van der Waals surface area (Å²) in [5.74, 6) is -0.0404. The maximum atomic E-state index is 12.7.